The third-order valence-electron chi connectivity index (χ3n) is 4.12. The number of hydrogen-bond acceptors (Lipinski definition) is 8. The SMILES string of the molecule is O=C(COc1ccccc1C1SCCS1)OCn1nnc2ccccc2c1=O. The number of aromatic nitrogens is 3. The van der Waals surface area contributed by atoms with Crippen LogP contribution < -0.4 is 10.3 Å². The van der Waals surface area contributed by atoms with E-state index in [0.717, 1.165) is 21.8 Å². The number of carbonyl (C=O) groups is 1. The monoisotopic (exact) mass is 415 g/mol. The molecule has 0 atom stereocenters. The molecule has 7 nitrogen and oxygen atoms in total. The van der Waals surface area contributed by atoms with Gasteiger partial charge in [0.05, 0.1) is 9.97 Å². The number of thioether (sulfide) groups is 2. The average molecular weight is 415 g/mol. The first-order valence-electron chi connectivity index (χ1n) is 8.65. The normalized spacial score (nSPS) is 14.3. The summed E-state index contributed by atoms with van der Waals surface area (Å²) in [5, 5.41) is 8.17. The summed E-state index contributed by atoms with van der Waals surface area (Å²) in [6, 6.07) is 14.6. The number of nitrogens with zero attached hydrogens (tertiary/aromatic N) is 3. The summed E-state index contributed by atoms with van der Waals surface area (Å²) in [7, 11) is 0. The highest BCUT2D eigenvalue weighted by atomic mass is 32.2. The molecule has 1 saturated heterocycles. The van der Waals surface area contributed by atoms with E-state index < -0.39 is 5.97 Å². The first-order valence-corrected chi connectivity index (χ1v) is 10.8. The molecule has 0 aliphatic carbocycles. The van der Waals surface area contributed by atoms with Crippen molar-refractivity contribution in [3.8, 4) is 5.75 Å². The Morgan fingerprint density at radius 2 is 1.86 bits per heavy atom. The molecule has 1 aliphatic rings. The van der Waals surface area contributed by atoms with Crippen molar-refractivity contribution >= 4 is 40.4 Å². The van der Waals surface area contributed by atoms with Crippen molar-refractivity contribution in [3.05, 3.63) is 64.4 Å². The minimum Gasteiger partial charge on any atom is -0.482 e. The van der Waals surface area contributed by atoms with E-state index in [-0.39, 0.29) is 18.9 Å². The third kappa shape index (κ3) is 4.15. The number of esters is 1. The third-order valence-corrected chi connectivity index (χ3v) is 7.19. The predicted molar refractivity (Wildman–Crippen MR) is 109 cm³/mol. The highest BCUT2D eigenvalue weighted by molar-refractivity contribution is 8.19. The van der Waals surface area contributed by atoms with Crippen LogP contribution in [-0.2, 0) is 16.3 Å². The van der Waals surface area contributed by atoms with Gasteiger partial charge >= 0.3 is 5.97 Å². The second-order valence-electron chi connectivity index (χ2n) is 5.96. The molecule has 0 spiro atoms. The molecular formula is C19H17N3O4S2. The van der Waals surface area contributed by atoms with Crippen molar-refractivity contribution < 1.29 is 14.3 Å². The van der Waals surface area contributed by atoms with Crippen molar-refractivity contribution in [3.63, 3.8) is 0 Å². The van der Waals surface area contributed by atoms with Gasteiger partial charge in [-0.2, -0.15) is 4.68 Å². The van der Waals surface area contributed by atoms with Gasteiger partial charge in [-0.25, -0.2) is 4.79 Å². The summed E-state index contributed by atoms with van der Waals surface area (Å²) in [5.74, 6) is 2.30. The molecule has 4 rings (SSSR count). The number of fused-ring (bicyclic) bond motifs is 1. The van der Waals surface area contributed by atoms with Gasteiger partial charge in [0.15, 0.2) is 13.3 Å². The number of ether oxygens (including phenoxy) is 2. The van der Waals surface area contributed by atoms with Crippen LogP contribution in [0.1, 0.15) is 10.1 Å². The quantitative estimate of drug-likeness (QED) is 0.569. The Morgan fingerprint density at radius 1 is 1.11 bits per heavy atom. The van der Waals surface area contributed by atoms with Gasteiger partial charge in [0.2, 0.25) is 0 Å². The molecule has 9 heteroatoms. The number of para-hydroxylation sites is 1. The molecule has 1 fully saturated rings. The number of rotatable bonds is 6. The minimum atomic E-state index is -0.580. The maximum absolute atomic E-state index is 12.3. The van der Waals surface area contributed by atoms with Crippen molar-refractivity contribution in [1.29, 1.82) is 0 Å². The molecule has 0 unspecified atom stereocenters. The Morgan fingerprint density at radius 3 is 2.71 bits per heavy atom. The maximum atomic E-state index is 12.3. The standard InChI is InChI=1S/C19H17N3O4S2/c23-17(11-25-16-8-4-2-6-14(16)19-27-9-10-28-19)26-12-22-18(24)13-5-1-3-7-15(13)20-21-22/h1-8,19H,9-12H2. The Bertz CT molecular complexity index is 1050. The van der Waals surface area contributed by atoms with Crippen molar-refractivity contribution in [2.75, 3.05) is 18.1 Å². The molecule has 0 bridgehead atoms. The van der Waals surface area contributed by atoms with Crippen LogP contribution in [0.2, 0.25) is 0 Å². The zero-order chi connectivity index (χ0) is 19.3. The molecule has 0 saturated carbocycles. The lowest BCUT2D eigenvalue weighted by molar-refractivity contribution is -0.150. The summed E-state index contributed by atoms with van der Waals surface area (Å²) in [6.07, 6.45) is 0. The zero-order valence-corrected chi connectivity index (χ0v) is 16.4. The van der Waals surface area contributed by atoms with Gasteiger partial charge in [-0.15, -0.1) is 28.6 Å². The van der Waals surface area contributed by atoms with Gasteiger partial charge in [0.1, 0.15) is 11.3 Å². The van der Waals surface area contributed by atoms with Gasteiger partial charge < -0.3 is 9.47 Å². The lowest BCUT2D eigenvalue weighted by atomic mass is 10.2. The molecule has 0 amide bonds. The first-order chi connectivity index (χ1) is 13.7. The number of hydrogen-bond donors (Lipinski definition) is 0. The highest BCUT2D eigenvalue weighted by Crippen LogP contribution is 2.48. The topological polar surface area (TPSA) is 83.3 Å². The van der Waals surface area contributed by atoms with Crippen LogP contribution in [0.5, 0.6) is 5.75 Å². The molecule has 144 valence electrons. The van der Waals surface area contributed by atoms with E-state index in [9.17, 15) is 9.59 Å². The van der Waals surface area contributed by atoms with Crippen LogP contribution in [0.25, 0.3) is 10.9 Å². The molecule has 3 aromatic rings. The smallest absolute Gasteiger partial charge is 0.345 e. The average Bonchev–Trinajstić information content (AvgIpc) is 3.27. The van der Waals surface area contributed by atoms with E-state index >= 15 is 0 Å². The maximum Gasteiger partial charge on any atom is 0.345 e. The van der Waals surface area contributed by atoms with Crippen LogP contribution in [0.3, 0.4) is 0 Å². The Labute approximate surface area is 169 Å². The molecule has 28 heavy (non-hydrogen) atoms. The van der Waals surface area contributed by atoms with Crippen LogP contribution in [0.15, 0.2) is 53.3 Å². The van der Waals surface area contributed by atoms with Gasteiger partial charge in [-0.1, -0.05) is 35.5 Å². The number of carbonyl (C=O) groups excluding carboxylic acids is 1. The number of benzene rings is 2. The van der Waals surface area contributed by atoms with Gasteiger partial charge in [0.25, 0.3) is 5.56 Å². The molecule has 1 aliphatic heterocycles. The lowest BCUT2D eigenvalue weighted by Crippen LogP contribution is -2.27. The summed E-state index contributed by atoms with van der Waals surface area (Å²) in [6.45, 7) is -0.552. The van der Waals surface area contributed by atoms with E-state index in [4.69, 9.17) is 9.47 Å². The van der Waals surface area contributed by atoms with Gasteiger partial charge in [-0.3, -0.25) is 4.79 Å². The molecule has 2 heterocycles. The Hall–Kier alpha value is -2.52. The van der Waals surface area contributed by atoms with E-state index in [1.54, 1.807) is 24.3 Å². The second-order valence-corrected chi connectivity index (χ2v) is 8.68. The molecule has 2 aromatic carbocycles. The molecule has 1 aromatic heterocycles. The lowest BCUT2D eigenvalue weighted by Gasteiger charge is -2.14. The summed E-state index contributed by atoms with van der Waals surface area (Å²) in [5.41, 5.74) is 1.21. The van der Waals surface area contributed by atoms with E-state index in [1.165, 1.54) is 0 Å². The molecule has 0 radical (unpaired) electrons. The fourth-order valence-electron chi connectivity index (χ4n) is 2.76. The molecular weight excluding hydrogens is 398 g/mol. The fourth-order valence-corrected chi connectivity index (χ4v) is 5.67. The van der Waals surface area contributed by atoms with Gasteiger partial charge in [-0.05, 0) is 18.2 Å². The minimum absolute atomic E-state index is 0.241. The fraction of sp³-hybridized carbons (Fsp3) is 0.263. The molecule has 0 N–H and O–H groups in total. The predicted octanol–water partition coefficient (Wildman–Crippen LogP) is 2.85. The van der Waals surface area contributed by atoms with E-state index in [1.807, 2.05) is 47.8 Å². The van der Waals surface area contributed by atoms with Crippen LogP contribution >= 0.6 is 23.5 Å². The summed E-state index contributed by atoms with van der Waals surface area (Å²) < 4.78 is 12.1. The zero-order valence-electron chi connectivity index (χ0n) is 14.8. The highest BCUT2D eigenvalue weighted by Gasteiger charge is 2.22. The van der Waals surface area contributed by atoms with Crippen molar-refractivity contribution in [2.24, 2.45) is 0 Å². The Balaban J connectivity index is 1.37. The van der Waals surface area contributed by atoms with Crippen molar-refractivity contribution in [1.82, 2.24) is 15.0 Å². The van der Waals surface area contributed by atoms with Crippen LogP contribution in [0, 0.1) is 0 Å². The van der Waals surface area contributed by atoms with Crippen LogP contribution in [0.4, 0.5) is 0 Å². The summed E-state index contributed by atoms with van der Waals surface area (Å²) in [4.78, 5) is 24.4. The largest absolute Gasteiger partial charge is 0.482 e. The second kappa shape index (κ2) is 8.66. The van der Waals surface area contributed by atoms with Crippen molar-refractivity contribution in [2.45, 2.75) is 11.3 Å². The van der Waals surface area contributed by atoms with Gasteiger partial charge in [0, 0.05) is 17.1 Å². The van der Waals surface area contributed by atoms with E-state index in [0.29, 0.717) is 21.2 Å². The Kier molecular flexibility index (Phi) is 5.82. The summed E-state index contributed by atoms with van der Waals surface area (Å²) >= 11 is 3.73. The van der Waals surface area contributed by atoms with Crippen LogP contribution in [-0.4, -0.2) is 39.1 Å². The first kappa shape index (κ1) is 18.8. The van der Waals surface area contributed by atoms with E-state index in [2.05, 4.69) is 10.3 Å².